The fraction of sp³-hybridized carbons (Fsp3) is 0.353. The molecule has 0 atom stereocenters. The highest BCUT2D eigenvalue weighted by Crippen LogP contribution is 2.23. The fourth-order valence-electron chi connectivity index (χ4n) is 2.20. The normalized spacial score (nSPS) is 10.7. The summed E-state index contributed by atoms with van der Waals surface area (Å²) in [6.45, 7) is 10.3. The Morgan fingerprint density at radius 3 is 2.53 bits per heavy atom. The molecular formula is C17H22N2. The Morgan fingerprint density at radius 2 is 1.84 bits per heavy atom. The van der Waals surface area contributed by atoms with Gasteiger partial charge in [0.1, 0.15) is 0 Å². The van der Waals surface area contributed by atoms with Gasteiger partial charge in [-0.2, -0.15) is 0 Å². The molecule has 19 heavy (non-hydrogen) atoms. The number of rotatable bonds is 4. The first kappa shape index (κ1) is 13.8. The lowest BCUT2D eigenvalue weighted by Gasteiger charge is -2.10. The van der Waals surface area contributed by atoms with Crippen LogP contribution in [0.1, 0.15) is 29.3 Å². The molecule has 0 saturated carbocycles. The summed E-state index contributed by atoms with van der Waals surface area (Å²) in [4.78, 5) is 4.76. The number of aromatic nitrogens is 1. The second-order valence-corrected chi connectivity index (χ2v) is 5.04. The number of nitrogens with zero attached hydrogens (tertiary/aromatic N) is 1. The molecule has 0 fully saturated rings. The van der Waals surface area contributed by atoms with Crippen LogP contribution < -0.4 is 5.32 Å². The van der Waals surface area contributed by atoms with Crippen LogP contribution in [-0.4, -0.2) is 11.5 Å². The van der Waals surface area contributed by atoms with Gasteiger partial charge in [-0.3, -0.25) is 4.98 Å². The Balaban J connectivity index is 2.36. The molecule has 0 spiro atoms. The molecule has 0 aliphatic rings. The van der Waals surface area contributed by atoms with Gasteiger partial charge in [-0.15, -0.1) is 0 Å². The summed E-state index contributed by atoms with van der Waals surface area (Å²) < 4.78 is 0. The van der Waals surface area contributed by atoms with E-state index >= 15 is 0 Å². The van der Waals surface area contributed by atoms with Crippen molar-refractivity contribution in [1.29, 1.82) is 0 Å². The summed E-state index contributed by atoms with van der Waals surface area (Å²) in [5, 5.41) is 3.35. The molecule has 0 radical (unpaired) electrons. The Morgan fingerprint density at radius 1 is 1.05 bits per heavy atom. The van der Waals surface area contributed by atoms with Crippen LogP contribution in [-0.2, 0) is 6.54 Å². The van der Waals surface area contributed by atoms with E-state index in [1.807, 2.05) is 0 Å². The van der Waals surface area contributed by atoms with Crippen LogP contribution in [0.3, 0.4) is 0 Å². The first-order valence-electron chi connectivity index (χ1n) is 6.86. The fourth-order valence-corrected chi connectivity index (χ4v) is 2.20. The van der Waals surface area contributed by atoms with E-state index in [0.29, 0.717) is 0 Å². The molecular weight excluding hydrogens is 232 g/mol. The van der Waals surface area contributed by atoms with Crippen molar-refractivity contribution in [3.05, 3.63) is 52.7 Å². The number of nitrogens with one attached hydrogen (secondary N) is 1. The second-order valence-electron chi connectivity index (χ2n) is 5.04. The number of hydrogen-bond acceptors (Lipinski definition) is 2. The molecule has 2 aromatic rings. The van der Waals surface area contributed by atoms with Crippen molar-refractivity contribution in [2.75, 3.05) is 6.54 Å². The average Bonchev–Trinajstić information content (AvgIpc) is 2.40. The van der Waals surface area contributed by atoms with E-state index in [-0.39, 0.29) is 0 Å². The zero-order valence-electron chi connectivity index (χ0n) is 12.2. The molecule has 0 saturated heterocycles. The third-order valence-corrected chi connectivity index (χ3v) is 3.43. The van der Waals surface area contributed by atoms with Gasteiger partial charge in [-0.1, -0.05) is 30.7 Å². The van der Waals surface area contributed by atoms with E-state index in [1.54, 1.807) is 0 Å². The maximum atomic E-state index is 4.76. The zero-order valence-corrected chi connectivity index (χ0v) is 12.2. The molecule has 2 nitrogen and oxygen atoms in total. The molecule has 0 unspecified atom stereocenters. The van der Waals surface area contributed by atoms with E-state index in [4.69, 9.17) is 4.98 Å². The van der Waals surface area contributed by atoms with Gasteiger partial charge in [-0.25, -0.2) is 0 Å². The maximum Gasteiger partial charge on any atom is 0.0708 e. The summed E-state index contributed by atoms with van der Waals surface area (Å²) in [7, 11) is 0. The summed E-state index contributed by atoms with van der Waals surface area (Å²) in [6.07, 6.45) is 0. The van der Waals surface area contributed by atoms with E-state index in [9.17, 15) is 0 Å². The van der Waals surface area contributed by atoms with Crippen molar-refractivity contribution in [3.63, 3.8) is 0 Å². The predicted molar refractivity (Wildman–Crippen MR) is 81.3 cm³/mol. The summed E-state index contributed by atoms with van der Waals surface area (Å²) in [5.74, 6) is 0. The molecule has 1 aromatic carbocycles. The first-order valence-corrected chi connectivity index (χ1v) is 6.86. The van der Waals surface area contributed by atoms with Gasteiger partial charge in [0.15, 0.2) is 0 Å². The zero-order chi connectivity index (χ0) is 13.8. The minimum absolute atomic E-state index is 0.891. The largest absolute Gasteiger partial charge is 0.313 e. The van der Waals surface area contributed by atoms with Crippen LogP contribution in [0.5, 0.6) is 0 Å². The number of hydrogen-bond donors (Lipinski definition) is 1. The van der Waals surface area contributed by atoms with Crippen molar-refractivity contribution >= 4 is 0 Å². The lowest BCUT2D eigenvalue weighted by molar-refractivity contribution is 0.720. The summed E-state index contributed by atoms with van der Waals surface area (Å²) in [5.41, 5.74) is 7.24. The lowest BCUT2D eigenvalue weighted by Crippen LogP contribution is -2.13. The Bertz CT molecular complexity index is 573. The summed E-state index contributed by atoms with van der Waals surface area (Å²) >= 11 is 0. The maximum absolute atomic E-state index is 4.76. The Labute approximate surface area is 115 Å². The van der Waals surface area contributed by atoms with Gasteiger partial charge < -0.3 is 5.32 Å². The third-order valence-electron chi connectivity index (χ3n) is 3.43. The molecule has 0 bridgehead atoms. The van der Waals surface area contributed by atoms with Crippen molar-refractivity contribution in [3.8, 4) is 11.3 Å². The highest BCUT2D eigenvalue weighted by Gasteiger charge is 2.06. The van der Waals surface area contributed by atoms with Crippen LogP contribution in [0, 0.1) is 20.8 Å². The van der Waals surface area contributed by atoms with Crippen LogP contribution in [0.4, 0.5) is 0 Å². The van der Waals surface area contributed by atoms with Gasteiger partial charge in [-0.05, 0) is 50.6 Å². The number of pyridine rings is 1. The van der Waals surface area contributed by atoms with Gasteiger partial charge in [0.05, 0.1) is 5.69 Å². The first-order chi connectivity index (χ1) is 9.11. The standard InChI is InChI=1S/C17H22N2/c1-5-18-11-15-8-9-17(19-14(15)4)16-10-12(2)6-7-13(16)3/h6-10,18H,5,11H2,1-4H3. The van der Waals surface area contributed by atoms with Crippen molar-refractivity contribution in [2.24, 2.45) is 0 Å². The van der Waals surface area contributed by atoms with Crippen LogP contribution in [0.25, 0.3) is 11.3 Å². The summed E-state index contributed by atoms with van der Waals surface area (Å²) in [6, 6.07) is 10.8. The molecule has 1 N–H and O–H groups in total. The molecule has 0 amide bonds. The van der Waals surface area contributed by atoms with Crippen LogP contribution in [0.15, 0.2) is 30.3 Å². The van der Waals surface area contributed by atoms with E-state index < -0.39 is 0 Å². The van der Waals surface area contributed by atoms with Gasteiger partial charge in [0.2, 0.25) is 0 Å². The Kier molecular flexibility index (Phi) is 4.33. The molecule has 0 aliphatic heterocycles. The van der Waals surface area contributed by atoms with Crippen LogP contribution >= 0.6 is 0 Å². The SMILES string of the molecule is CCNCc1ccc(-c2cc(C)ccc2C)nc1C. The second kappa shape index (κ2) is 5.98. The molecule has 1 heterocycles. The van der Waals surface area contributed by atoms with Crippen molar-refractivity contribution in [2.45, 2.75) is 34.2 Å². The minimum atomic E-state index is 0.891. The molecule has 2 rings (SSSR count). The lowest BCUT2D eigenvalue weighted by atomic mass is 10.0. The quantitative estimate of drug-likeness (QED) is 0.898. The molecule has 2 heteroatoms. The highest BCUT2D eigenvalue weighted by molar-refractivity contribution is 5.64. The minimum Gasteiger partial charge on any atom is -0.313 e. The van der Waals surface area contributed by atoms with Crippen molar-refractivity contribution < 1.29 is 0 Å². The Hall–Kier alpha value is -1.67. The topological polar surface area (TPSA) is 24.9 Å². The predicted octanol–water partition coefficient (Wildman–Crippen LogP) is 3.78. The average molecular weight is 254 g/mol. The molecule has 0 aliphatic carbocycles. The van der Waals surface area contributed by atoms with Gasteiger partial charge in [0.25, 0.3) is 0 Å². The van der Waals surface area contributed by atoms with Gasteiger partial charge >= 0.3 is 0 Å². The smallest absolute Gasteiger partial charge is 0.0708 e. The van der Waals surface area contributed by atoms with E-state index in [1.165, 1.54) is 22.3 Å². The highest BCUT2D eigenvalue weighted by atomic mass is 14.8. The van der Waals surface area contributed by atoms with E-state index in [0.717, 1.165) is 24.5 Å². The number of benzene rings is 1. The molecule has 100 valence electrons. The van der Waals surface area contributed by atoms with E-state index in [2.05, 4.69) is 63.3 Å². The third kappa shape index (κ3) is 3.21. The molecule has 1 aromatic heterocycles. The van der Waals surface area contributed by atoms with Crippen molar-refractivity contribution in [1.82, 2.24) is 10.3 Å². The monoisotopic (exact) mass is 254 g/mol. The van der Waals surface area contributed by atoms with Crippen LogP contribution in [0.2, 0.25) is 0 Å². The van der Waals surface area contributed by atoms with Gasteiger partial charge in [0, 0.05) is 17.8 Å². The number of aryl methyl sites for hydroxylation is 3.